The molecule has 8 heteroatoms. The topological polar surface area (TPSA) is 82.6 Å². The van der Waals surface area contributed by atoms with E-state index in [1.807, 2.05) is 13.8 Å². The summed E-state index contributed by atoms with van der Waals surface area (Å²) in [6.07, 6.45) is 1.32. The minimum absolute atomic E-state index is 0.226. The summed E-state index contributed by atoms with van der Waals surface area (Å²) < 4.78 is 13.8. The number of nitrogens with zero attached hydrogens (tertiary/aromatic N) is 1. The predicted octanol–water partition coefficient (Wildman–Crippen LogP) is 3.45. The number of rotatable bonds is 6. The van der Waals surface area contributed by atoms with Gasteiger partial charge in [-0.15, -0.1) is 0 Å². The molecule has 2 aromatic carbocycles. The molecule has 2 amide bonds. The Morgan fingerprint density at radius 2 is 1.89 bits per heavy atom. The first-order valence-electron chi connectivity index (χ1n) is 8.29. The van der Waals surface area contributed by atoms with Gasteiger partial charge in [0, 0.05) is 22.8 Å². The number of hydrogen-bond acceptors (Lipinski definition) is 4. The standard InChI is InChI=1S/C19H20ClFN4O2/c1-12(2)10-22-18(26)19(27)25-23-11-13-9-14(20)7-8-16(13)24-17-6-4-3-5-15(17)21/h3-9,11-12,24H,10H2,1-2H3,(H,22,26)(H,25,27)/b23-11-. The molecule has 0 aliphatic carbocycles. The largest absolute Gasteiger partial charge is 0.353 e. The second-order valence-electron chi connectivity index (χ2n) is 6.14. The van der Waals surface area contributed by atoms with E-state index >= 15 is 0 Å². The molecule has 0 fully saturated rings. The molecule has 27 heavy (non-hydrogen) atoms. The van der Waals surface area contributed by atoms with Crippen LogP contribution in [0, 0.1) is 11.7 Å². The molecule has 6 nitrogen and oxygen atoms in total. The fraction of sp³-hybridized carbons (Fsp3) is 0.211. The van der Waals surface area contributed by atoms with Crippen LogP contribution in [0.3, 0.4) is 0 Å². The minimum Gasteiger partial charge on any atom is -0.353 e. The van der Waals surface area contributed by atoms with Crippen LogP contribution in [0.2, 0.25) is 5.02 Å². The molecule has 0 bridgehead atoms. The highest BCUT2D eigenvalue weighted by Gasteiger charge is 2.12. The minimum atomic E-state index is -0.877. The Kier molecular flexibility index (Phi) is 7.31. The quantitative estimate of drug-likeness (QED) is 0.401. The maximum Gasteiger partial charge on any atom is 0.329 e. The number of hydrazone groups is 1. The molecule has 2 aromatic rings. The lowest BCUT2D eigenvalue weighted by Crippen LogP contribution is -2.39. The van der Waals surface area contributed by atoms with Crippen LogP contribution in [0.5, 0.6) is 0 Å². The summed E-state index contributed by atoms with van der Waals surface area (Å²) in [5, 5.41) is 9.65. The third kappa shape index (κ3) is 6.38. The van der Waals surface area contributed by atoms with Crippen LogP contribution < -0.4 is 16.1 Å². The highest BCUT2D eigenvalue weighted by molar-refractivity contribution is 6.35. The molecular weight excluding hydrogens is 371 g/mol. The van der Waals surface area contributed by atoms with Gasteiger partial charge in [0.1, 0.15) is 5.82 Å². The van der Waals surface area contributed by atoms with Crippen molar-refractivity contribution >= 4 is 41.0 Å². The number of hydrogen-bond donors (Lipinski definition) is 3. The van der Waals surface area contributed by atoms with Gasteiger partial charge in [-0.2, -0.15) is 5.10 Å². The molecule has 0 aromatic heterocycles. The van der Waals surface area contributed by atoms with Gasteiger partial charge >= 0.3 is 11.8 Å². The molecule has 0 radical (unpaired) electrons. The zero-order chi connectivity index (χ0) is 19.8. The van der Waals surface area contributed by atoms with Crippen molar-refractivity contribution in [1.82, 2.24) is 10.7 Å². The van der Waals surface area contributed by atoms with Gasteiger partial charge in [-0.3, -0.25) is 9.59 Å². The van der Waals surface area contributed by atoms with Crippen molar-refractivity contribution in [3.8, 4) is 0 Å². The fourth-order valence-electron chi connectivity index (χ4n) is 2.05. The highest BCUT2D eigenvalue weighted by atomic mass is 35.5. The molecule has 142 valence electrons. The zero-order valence-electron chi connectivity index (χ0n) is 14.9. The number of carbonyl (C=O) groups is 2. The maximum absolute atomic E-state index is 13.8. The van der Waals surface area contributed by atoms with E-state index in [-0.39, 0.29) is 11.6 Å². The SMILES string of the molecule is CC(C)CNC(=O)C(=O)N/N=C\c1cc(Cl)ccc1Nc1ccccc1F. The van der Waals surface area contributed by atoms with E-state index in [0.29, 0.717) is 22.8 Å². The van der Waals surface area contributed by atoms with Crippen molar-refractivity contribution in [2.24, 2.45) is 11.0 Å². The first-order valence-corrected chi connectivity index (χ1v) is 8.67. The molecule has 2 rings (SSSR count). The average molecular weight is 391 g/mol. The van der Waals surface area contributed by atoms with Crippen molar-refractivity contribution in [2.75, 3.05) is 11.9 Å². The molecular formula is C19H20ClFN4O2. The van der Waals surface area contributed by atoms with Gasteiger partial charge in [0.05, 0.1) is 11.9 Å². The predicted molar refractivity (Wildman–Crippen MR) is 105 cm³/mol. The van der Waals surface area contributed by atoms with Crippen LogP contribution in [0.15, 0.2) is 47.6 Å². The lowest BCUT2D eigenvalue weighted by Gasteiger charge is -2.11. The zero-order valence-corrected chi connectivity index (χ0v) is 15.7. The van der Waals surface area contributed by atoms with Gasteiger partial charge in [-0.05, 0) is 36.2 Å². The second-order valence-corrected chi connectivity index (χ2v) is 6.58. The lowest BCUT2D eigenvalue weighted by molar-refractivity contribution is -0.139. The summed E-state index contributed by atoms with van der Waals surface area (Å²) in [6.45, 7) is 4.22. The Bertz CT molecular complexity index is 855. The van der Waals surface area contributed by atoms with Crippen LogP contribution in [0.1, 0.15) is 19.4 Å². The monoisotopic (exact) mass is 390 g/mol. The number of carbonyl (C=O) groups excluding carboxylic acids is 2. The Morgan fingerprint density at radius 1 is 1.15 bits per heavy atom. The summed E-state index contributed by atoms with van der Waals surface area (Å²) in [5.41, 5.74) is 3.48. The molecule has 0 spiro atoms. The fourth-order valence-corrected chi connectivity index (χ4v) is 2.23. The van der Waals surface area contributed by atoms with Crippen LogP contribution in [-0.4, -0.2) is 24.6 Å². The summed E-state index contributed by atoms with van der Waals surface area (Å²) in [4.78, 5) is 23.3. The molecule has 0 unspecified atom stereocenters. The van der Waals surface area contributed by atoms with Crippen LogP contribution in [0.25, 0.3) is 0 Å². The number of amides is 2. The Labute approximate surface area is 161 Å². The Balaban J connectivity index is 2.08. The molecule has 3 N–H and O–H groups in total. The van der Waals surface area contributed by atoms with Crippen molar-refractivity contribution in [2.45, 2.75) is 13.8 Å². The first kappa shape index (κ1) is 20.4. The lowest BCUT2D eigenvalue weighted by atomic mass is 10.2. The number of anilines is 2. The van der Waals surface area contributed by atoms with Crippen molar-refractivity contribution < 1.29 is 14.0 Å². The first-order chi connectivity index (χ1) is 12.9. The molecule has 0 saturated heterocycles. The second kappa shape index (κ2) is 9.68. The van der Waals surface area contributed by atoms with E-state index in [1.165, 1.54) is 12.3 Å². The number of para-hydroxylation sites is 1. The number of benzene rings is 2. The average Bonchev–Trinajstić information content (AvgIpc) is 2.63. The van der Waals surface area contributed by atoms with Gasteiger partial charge in [0.2, 0.25) is 0 Å². The van der Waals surface area contributed by atoms with Crippen LogP contribution in [-0.2, 0) is 9.59 Å². The molecule has 0 aliphatic heterocycles. The summed E-state index contributed by atoms with van der Waals surface area (Å²) in [6, 6.07) is 11.1. The van der Waals surface area contributed by atoms with Crippen LogP contribution >= 0.6 is 11.6 Å². The van der Waals surface area contributed by atoms with Gasteiger partial charge < -0.3 is 10.6 Å². The summed E-state index contributed by atoms with van der Waals surface area (Å²) in [7, 11) is 0. The van der Waals surface area contributed by atoms with Gasteiger partial charge in [-0.25, -0.2) is 9.82 Å². The van der Waals surface area contributed by atoms with Crippen molar-refractivity contribution in [1.29, 1.82) is 0 Å². The van der Waals surface area contributed by atoms with Gasteiger partial charge in [-0.1, -0.05) is 37.6 Å². The molecule has 0 saturated carbocycles. The number of halogens is 2. The third-order valence-corrected chi connectivity index (χ3v) is 3.64. The van der Waals surface area contributed by atoms with E-state index in [4.69, 9.17) is 11.6 Å². The Morgan fingerprint density at radius 3 is 2.59 bits per heavy atom. The normalized spacial score (nSPS) is 10.9. The highest BCUT2D eigenvalue weighted by Crippen LogP contribution is 2.24. The summed E-state index contributed by atoms with van der Waals surface area (Å²) >= 11 is 6.00. The number of nitrogens with one attached hydrogen (secondary N) is 3. The van der Waals surface area contributed by atoms with Gasteiger partial charge in [0.25, 0.3) is 0 Å². The molecule has 0 atom stereocenters. The van der Waals surface area contributed by atoms with E-state index in [2.05, 4.69) is 21.2 Å². The van der Waals surface area contributed by atoms with E-state index in [1.54, 1.807) is 36.4 Å². The van der Waals surface area contributed by atoms with Crippen molar-refractivity contribution in [3.05, 3.63) is 58.9 Å². The van der Waals surface area contributed by atoms with E-state index < -0.39 is 17.6 Å². The van der Waals surface area contributed by atoms with Crippen molar-refractivity contribution in [3.63, 3.8) is 0 Å². The van der Waals surface area contributed by atoms with E-state index in [0.717, 1.165) is 0 Å². The maximum atomic E-state index is 13.8. The third-order valence-electron chi connectivity index (χ3n) is 3.40. The van der Waals surface area contributed by atoms with Gasteiger partial charge in [0.15, 0.2) is 0 Å². The van der Waals surface area contributed by atoms with Crippen LogP contribution in [0.4, 0.5) is 15.8 Å². The Hall–Kier alpha value is -2.93. The van der Waals surface area contributed by atoms with E-state index in [9.17, 15) is 14.0 Å². The molecule has 0 aliphatic rings. The smallest absolute Gasteiger partial charge is 0.329 e. The molecule has 0 heterocycles. The summed E-state index contributed by atoms with van der Waals surface area (Å²) in [5.74, 6) is -1.83.